The molecule has 3 aromatic carbocycles. The first-order valence-corrected chi connectivity index (χ1v) is 8.52. The van der Waals surface area contributed by atoms with Crippen molar-refractivity contribution < 1.29 is 4.92 Å². The van der Waals surface area contributed by atoms with Gasteiger partial charge in [-0.05, 0) is 29.0 Å². The van der Waals surface area contributed by atoms with Crippen molar-refractivity contribution >= 4 is 22.3 Å². The third-order valence-corrected chi connectivity index (χ3v) is 4.60. The molecular weight excluding hydrogens is 352 g/mol. The maximum atomic E-state index is 11.5. The Morgan fingerprint density at radius 2 is 1.64 bits per heavy atom. The summed E-state index contributed by atoms with van der Waals surface area (Å²) in [6, 6.07) is 23.8. The van der Waals surface area contributed by atoms with E-state index in [-0.39, 0.29) is 17.1 Å². The topological polar surface area (TPSA) is 106 Å². The van der Waals surface area contributed by atoms with E-state index in [2.05, 4.69) is 4.98 Å². The lowest BCUT2D eigenvalue weighted by molar-refractivity contribution is -0.384. The molecule has 0 saturated carbocycles. The van der Waals surface area contributed by atoms with Crippen molar-refractivity contribution in [3.8, 4) is 28.5 Å². The number of benzene rings is 3. The number of nitrogens with zero attached hydrogens (tertiary/aromatic N) is 3. The number of rotatable bonds is 3. The van der Waals surface area contributed by atoms with Gasteiger partial charge in [-0.25, -0.2) is 4.98 Å². The molecule has 6 nitrogen and oxygen atoms in total. The minimum Gasteiger partial charge on any atom is -0.383 e. The normalized spacial score (nSPS) is 10.5. The zero-order valence-corrected chi connectivity index (χ0v) is 14.7. The van der Waals surface area contributed by atoms with Gasteiger partial charge in [0.15, 0.2) is 0 Å². The van der Waals surface area contributed by atoms with Crippen LogP contribution in [-0.2, 0) is 0 Å². The first kappa shape index (κ1) is 17.2. The lowest BCUT2D eigenvalue weighted by Gasteiger charge is -2.11. The van der Waals surface area contributed by atoms with Crippen molar-refractivity contribution in [1.82, 2.24) is 4.98 Å². The molecule has 0 aliphatic heterocycles. The number of fused-ring (bicyclic) bond motifs is 1. The lowest BCUT2D eigenvalue weighted by atomic mass is 9.96. The molecule has 0 saturated heterocycles. The number of nitro benzene ring substituents is 1. The maximum Gasteiger partial charge on any atom is 0.277 e. The highest BCUT2D eigenvalue weighted by Gasteiger charge is 2.20. The van der Waals surface area contributed by atoms with Gasteiger partial charge in [0.2, 0.25) is 0 Å². The molecule has 0 aliphatic carbocycles. The standard InChI is InChI=1S/C22H14N4O2/c23-13-19-18(17-7-3-4-8-21(17)26(27)28)12-20(25-22(19)24)16-10-9-14-5-1-2-6-15(14)11-16/h1-12H,(H2,24,25). The van der Waals surface area contributed by atoms with E-state index in [4.69, 9.17) is 5.73 Å². The second-order valence-electron chi connectivity index (χ2n) is 6.26. The van der Waals surface area contributed by atoms with Crippen molar-refractivity contribution in [2.45, 2.75) is 0 Å². The van der Waals surface area contributed by atoms with E-state index in [1.54, 1.807) is 24.3 Å². The fourth-order valence-electron chi connectivity index (χ4n) is 3.25. The highest BCUT2D eigenvalue weighted by atomic mass is 16.6. The first-order valence-electron chi connectivity index (χ1n) is 8.52. The monoisotopic (exact) mass is 366 g/mol. The predicted molar refractivity (Wildman–Crippen MR) is 108 cm³/mol. The van der Waals surface area contributed by atoms with Crippen LogP contribution in [0.4, 0.5) is 11.5 Å². The number of nitro groups is 1. The van der Waals surface area contributed by atoms with Gasteiger partial charge >= 0.3 is 0 Å². The molecule has 1 aromatic heterocycles. The van der Waals surface area contributed by atoms with E-state index in [0.29, 0.717) is 16.8 Å². The molecule has 4 rings (SSSR count). The molecule has 2 N–H and O–H groups in total. The van der Waals surface area contributed by atoms with Crippen molar-refractivity contribution in [2.75, 3.05) is 5.73 Å². The average Bonchev–Trinajstić information content (AvgIpc) is 2.72. The van der Waals surface area contributed by atoms with Gasteiger partial charge in [0.05, 0.1) is 16.2 Å². The van der Waals surface area contributed by atoms with Crippen molar-refractivity contribution in [3.05, 3.63) is 88.5 Å². The third kappa shape index (κ3) is 2.91. The second-order valence-corrected chi connectivity index (χ2v) is 6.26. The molecule has 134 valence electrons. The number of hydrogen-bond donors (Lipinski definition) is 1. The van der Waals surface area contributed by atoms with E-state index < -0.39 is 4.92 Å². The Morgan fingerprint density at radius 3 is 2.39 bits per heavy atom. The quantitative estimate of drug-likeness (QED) is 0.409. The summed E-state index contributed by atoms with van der Waals surface area (Å²) in [4.78, 5) is 15.4. The van der Waals surface area contributed by atoms with Crippen LogP contribution in [0.5, 0.6) is 0 Å². The molecule has 0 unspecified atom stereocenters. The Morgan fingerprint density at radius 1 is 0.929 bits per heavy atom. The molecule has 6 heteroatoms. The van der Waals surface area contributed by atoms with Crippen molar-refractivity contribution in [1.29, 1.82) is 5.26 Å². The molecule has 4 aromatic rings. The van der Waals surface area contributed by atoms with Crippen LogP contribution in [0.2, 0.25) is 0 Å². The number of hydrogen-bond acceptors (Lipinski definition) is 5. The van der Waals surface area contributed by atoms with Crippen LogP contribution >= 0.6 is 0 Å². The van der Waals surface area contributed by atoms with Gasteiger partial charge in [0.1, 0.15) is 17.5 Å². The van der Waals surface area contributed by atoms with Crippen LogP contribution in [0.3, 0.4) is 0 Å². The fraction of sp³-hybridized carbons (Fsp3) is 0. The van der Waals surface area contributed by atoms with Crippen LogP contribution in [0.1, 0.15) is 5.56 Å². The van der Waals surface area contributed by atoms with Crippen LogP contribution in [0.15, 0.2) is 72.8 Å². The van der Waals surface area contributed by atoms with E-state index in [0.717, 1.165) is 16.3 Å². The Labute approximate surface area is 160 Å². The van der Waals surface area contributed by atoms with E-state index in [9.17, 15) is 15.4 Å². The summed E-state index contributed by atoms with van der Waals surface area (Å²) in [5.74, 6) is 0.0429. The largest absolute Gasteiger partial charge is 0.383 e. The molecule has 0 spiro atoms. The van der Waals surface area contributed by atoms with Crippen LogP contribution in [0, 0.1) is 21.4 Å². The number of aromatic nitrogens is 1. The molecule has 0 radical (unpaired) electrons. The average molecular weight is 366 g/mol. The summed E-state index contributed by atoms with van der Waals surface area (Å²) in [7, 11) is 0. The molecule has 28 heavy (non-hydrogen) atoms. The summed E-state index contributed by atoms with van der Waals surface area (Å²) in [5, 5.41) is 23.1. The Bertz CT molecular complexity index is 1280. The van der Waals surface area contributed by atoms with Crippen molar-refractivity contribution in [2.24, 2.45) is 0 Å². The summed E-state index contributed by atoms with van der Waals surface area (Å²) in [6.07, 6.45) is 0. The zero-order chi connectivity index (χ0) is 19.7. The highest BCUT2D eigenvalue weighted by Crippen LogP contribution is 2.36. The minimum atomic E-state index is -0.469. The minimum absolute atomic E-state index is 0.0429. The van der Waals surface area contributed by atoms with E-state index in [1.165, 1.54) is 6.07 Å². The fourth-order valence-corrected chi connectivity index (χ4v) is 3.25. The number of anilines is 1. The van der Waals surface area contributed by atoms with E-state index in [1.807, 2.05) is 48.5 Å². The lowest BCUT2D eigenvalue weighted by Crippen LogP contribution is -2.01. The number of para-hydroxylation sites is 1. The second kappa shape index (κ2) is 6.82. The predicted octanol–water partition coefficient (Wildman–Crippen LogP) is 4.93. The van der Waals surface area contributed by atoms with Crippen LogP contribution in [0.25, 0.3) is 33.2 Å². The Balaban J connectivity index is 1.97. The third-order valence-electron chi connectivity index (χ3n) is 4.60. The van der Waals surface area contributed by atoms with Crippen LogP contribution < -0.4 is 5.73 Å². The summed E-state index contributed by atoms with van der Waals surface area (Å²) >= 11 is 0. The molecule has 0 atom stereocenters. The number of nitrogens with two attached hydrogens (primary N) is 1. The maximum absolute atomic E-state index is 11.5. The smallest absolute Gasteiger partial charge is 0.277 e. The summed E-state index contributed by atoms with van der Waals surface area (Å²) in [5.41, 5.74) is 8.17. The summed E-state index contributed by atoms with van der Waals surface area (Å²) in [6.45, 7) is 0. The van der Waals surface area contributed by atoms with Gasteiger partial charge in [-0.1, -0.05) is 48.5 Å². The van der Waals surface area contributed by atoms with Gasteiger partial charge in [0, 0.05) is 17.2 Å². The zero-order valence-electron chi connectivity index (χ0n) is 14.7. The molecule has 0 fully saturated rings. The Hall–Kier alpha value is -4.24. The SMILES string of the molecule is N#Cc1c(-c2ccccc2[N+](=O)[O-])cc(-c2ccc3ccccc3c2)nc1N. The van der Waals surface area contributed by atoms with Gasteiger partial charge in [-0.2, -0.15) is 5.26 Å². The van der Waals surface area contributed by atoms with E-state index >= 15 is 0 Å². The number of nitriles is 1. The highest BCUT2D eigenvalue weighted by molar-refractivity contribution is 5.89. The molecule has 0 amide bonds. The van der Waals surface area contributed by atoms with Crippen LogP contribution in [-0.4, -0.2) is 9.91 Å². The molecular formula is C22H14N4O2. The van der Waals surface area contributed by atoms with Gasteiger partial charge in [0.25, 0.3) is 5.69 Å². The Kier molecular flexibility index (Phi) is 4.18. The molecule has 1 heterocycles. The van der Waals surface area contributed by atoms with Gasteiger partial charge in [-0.3, -0.25) is 10.1 Å². The van der Waals surface area contributed by atoms with Gasteiger partial charge < -0.3 is 5.73 Å². The first-order chi connectivity index (χ1) is 13.6. The molecule has 0 bridgehead atoms. The molecule has 0 aliphatic rings. The van der Waals surface area contributed by atoms with Crippen molar-refractivity contribution in [3.63, 3.8) is 0 Å². The summed E-state index contributed by atoms with van der Waals surface area (Å²) < 4.78 is 0. The number of nitrogen functional groups attached to an aromatic ring is 1. The van der Waals surface area contributed by atoms with Gasteiger partial charge in [-0.15, -0.1) is 0 Å². The number of pyridine rings is 1.